The topological polar surface area (TPSA) is 23.2 Å². The first-order chi connectivity index (χ1) is 13.6. The van der Waals surface area contributed by atoms with Gasteiger partial charge in [0.25, 0.3) is 0 Å². The lowest BCUT2D eigenvalue weighted by Crippen LogP contribution is -2.43. The molecule has 7 heteroatoms. The average Bonchev–Trinajstić information content (AvgIpc) is 2.58. The number of hydrogen-bond donors (Lipinski definition) is 1. The third kappa shape index (κ3) is 9.57. The van der Waals surface area contributed by atoms with Gasteiger partial charge in [-0.3, -0.25) is 0 Å². The van der Waals surface area contributed by atoms with Crippen molar-refractivity contribution in [2.24, 2.45) is 0 Å². The van der Waals surface area contributed by atoms with Gasteiger partial charge in [0.05, 0.1) is 5.60 Å². The summed E-state index contributed by atoms with van der Waals surface area (Å²) in [5.41, 5.74) is 5.11. The summed E-state index contributed by atoms with van der Waals surface area (Å²) in [7, 11) is -3.81. The van der Waals surface area contributed by atoms with Crippen LogP contribution < -0.4 is 0 Å². The van der Waals surface area contributed by atoms with Crippen LogP contribution in [0.25, 0.3) is 0 Å². The molecule has 166 valence electrons. The molecule has 0 spiro atoms. The zero-order valence-corrected chi connectivity index (χ0v) is 18.6. The number of aliphatic hydroxyl groups is 1. The molecule has 0 aromatic heterocycles. The first-order valence-electron chi connectivity index (χ1n) is 9.89. The molecule has 30 heavy (non-hydrogen) atoms. The van der Waals surface area contributed by atoms with Crippen LogP contribution in [0.5, 0.6) is 0 Å². The van der Waals surface area contributed by atoms with Gasteiger partial charge in [-0.2, -0.15) is 0 Å². The normalized spacial score (nSPS) is 15.3. The smallest absolute Gasteiger partial charge is 0.418 e. The summed E-state index contributed by atoms with van der Waals surface area (Å²) in [6.07, 6.45) is 1.85. The van der Waals surface area contributed by atoms with Crippen molar-refractivity contribution < 1.29 is 26.9 Å². The van der Waals surface area contributed by atoms with Crippen LogP contribution in [-0.2, 0) is 12.8 Å². The minimum atomic E-state index is -6.00. The number of halogens is 4. The van der Waals surface area contributed by atoms with Gasteiger partial charge in [0.15, 0.2) is 11.3 Å². The molecule has 1 heterocycles. The first-order valence-corrected chi connectivity index (χ1v) is 9.89. The minimum Gasteiger partial charge on any atom is -0.418 e. The van der Waals surface area contributed by atoms with E-state index in [9.17, 15) is 22.4 Å². The molecule has 1 aliphatic rings. The highest BCUT2D eigenvalue weighted by Crippen LogP contribution is 2.25. The Balaban J connectivity index is 0.000000251. The van der Waals surface area contributed by atoms with Gasteiger partial charge in [-0.1, -0.05) is 48.5 Å². The third-order valence-corrected chi connectivity index (χ3v) is 4.92. The molecule has 0 aliphatic carbocycles. The summed E-state index contributed by atoms with van der Waals surface area (Å²) in [6, 6.07) is 18.7. The fourth-order valence-electron chi connectivity index (χ4n) is 3.34. The molecule has 1 N–H and O–H groups in total. The van der Waals surface area contributed by atoms with Crippen LogP contribution in [0.1, 0.15) is 51.3 Å². The zero-order valence-electron chi connectivity index (χ0n) is 18.6. The van der Waals surface area contributed by atoms with E-state index in [4.69, 9.17) is 0 Å². The quantitative estimate of drug-likeness (QED) is 0.369. The lowest BCUT2D eigenvalue weighted by molar-refractivity contribution is -0.576. The van der Waals surface area contributed by atoms with Gasteiger partial charge in [0.2, 0.25) is 0 Å². The van der Waals surface area contributed by atoms with E-state index in [1.807, 2.05) is 44.2 Å². The maximum Gasteiger partial charge on any atom is 0.673 e. The molecule has 3 rings (SSSR count). The molecular formula is C23H32BF4NO. The fourth-order valence-corrected chi connectivity index (χ4v) is 3.34. The van der Waals surface area contributed by atoms with E-state index in [1.54, 1.807) is 0 Å². The molecular weight excluding hydrogens is 393 g/mol. The van der Waals surface area contributed by atoms with Gasteiger partial charge in [-0.15, -0.1) is 0 Å². The highest BCUT2D eigenvalue weighted by molar-refractivity contribution is 6.50. The van der Waals surface area contributed by atoms with Crippen molar-refractivity contribution in [3.63, 3.8) is 0 Å². The van der Waals surface area contributed by atoms with E-state index >= 15 is 0 Å². The maximum atomic E-state index is 9.75. The molecule has 0 amide bonds. The van der Waals surface area contributed by atoms with Crippen LogP contribution >= 0.6 is 0 Å². The molecule has 1 aliphatic heterocycles. The van der Waals surface area contributed by atoms with E-state index in [1.165, 1.54) is 22.4 Å². The van der Waals surface area contributed by atoms with Gasteiger partial charge in [-0.25, -0.2) is 4.58 Å². The van der Waals surface area contributed by atoms with Gasteiger partial charge < -0.3 is 22.4 Å². The lowest BCUT2D eigenvalue weighted by atomic mass is 9.86. The fraction of sp³-hybridized carbons (Fsp3) is 0.435. The van der Waals surface area contributed by atoms with Crippen LogP contribution in [0.2, 0.25) is 0 Å². The maximum absolute atomic E-state index is 9.75. The summed E-state index contributed by atoms with van der Waals surface area (Å²) < 4.78 is 41.4. The summed E-state index contributed by atoms with van der Waals surface area (Å²) >= 11 is 0. The Labute approximate surface area is 177 Å². The lowest BCUT2D eigenvalue weighted by Gasteiger charge is -2.28. The van der Waals surface area contributed by atoms with E-state index in [0.29, 0.717) is 6.42 Å². The van der Waals surface area contributed by atoms with E-state index in [-0.39, 0.29) is 5.54 Å². The van der Waals surface area contributed by atoms with Crippen LogP contribution in [0, 0.1) is 0 Å². The molecule has 0 atom stereocenters. The van der Waals surface area contributed by atoms with Crippen molar-refractivity contribution in [2.45, 2.75) is 58.6 Å². The SMILES string of the molecule is CC(C)(O)Cc1ccccc1.CC1=[N+](C)C(C)(C)Cc2ccccc21.F[B-](F)(F)F. The van der Waals surface area contributed by atoms with Crippen LogP contribution in [0.3, 0.4) is 0 Å². The monoisotopic (exact) mass is 425 g/mol. The number of fused-ring (bicyclic) bond motifs is 1. The number of nitrogens with zero attached hydrogens (tertiary/aromatic N) is 1. The molecule has 2 aromatic carbocycles. The van der Waals surface area contributed by atoms with E-state index in [2.05, 4.69) is 56.7 Å². The largest absolute Gasteiger partial charge is 0.673 e. The molecule has 0 fully saturated rings. The van der Waals surface area contributed by atoms with Crippen LogP contribution in [0.4, 0.5) is 17.3 Å². The molecule has 2 nitrogen and oxygen atoms in total. The van der Waals surface area contributed by atoms with Gasteiger partial charge in [-0.05, 0) is 31.0 Å². The Morgan fingerprint density at radius 1 is 0.967 bits per heavy atom. The molecule has 0 saturated heterocycles. The zero-order chi connectivity index (χ0) is 23.2. The van der Waals surface area contributed by atoms with Crippen molar-refractivity contribution in [3.05, 3.63) is 71.3 Å². The van der Waals surface area contributed by atoms with Crippen molar-refractivity contribution >= 4 is 13.0 Å². The molecule has 0 unspecified atom stereocenters. The van der Waals surface area contributed by atoms with Crippen molar-refractivity contribution in [1.82, 2.24) is 0 Å². The minimum absolute atomic E-state index is 0.248. The Kier molecular flexibility index (Phi) is 8.84. The standard InChI is InChI=1S/C13H18N.C10H14O.BF4/c1-10-12-8-6-5-7-11(12)9-13(2,3)14(10)4;1-10(2,11)8-9-6-4-3-5-7-9;2-1(3,4)5/h5-8H,9H2,1-4H3;3-7,11H,8H2,1-2H3;/q+1;;-1. The first kappa shape index (κ1) is 25.9. The van der Waals surface area contributed by atoms with Crippen molar-refractivity contribution in [3.8, 4) is 0 Å². The molecule has 0 radical (unpaired) electrons. The van der Waals surface area contributed by atoms with Crippen molar-refractivity contribution in [1.29, 1.82) is 0 Å². The summed E-state index contributed by atoms with van der Waals surface area (Å²) in [4.78, 5) is 0. The van der Waals surface area contributed by atoms with Gasteiger partial charge in [0, 0.05) is 39.2 Å². The van der Waals surface area contributed by atoms with Crippen LogP contribution in [-0.4, -0.2) is 40.8 Å². The Hall–Kier alpha value is -2.15. The van der Waals surface area contributed by atoms with Crippen LogP contribution in [0.15, 0.2) is 54.6 Å². The van der Waals surface area contributed by atoms with Crippen molar-refractivity contribution in [2.75, 3.05) is 7.05 Å². The Bertz CT molecular complexity index is 834. The van der Waals surface area contributed by atoms with E-state index in [0.717, 1.165) is 6.42 Å². The highest BCUT2D eigenvalue weighted by atomic mass is 19.5. The Morgan fingerprint density at radius 3 is 1.93 bits per heavy atom. The van der Waals surface area contributed by atoms with E-state index < -0.39 is 12.9 Å². The molecule has 0 saturated carbocycles. The predicted octanol–water partition coefficient (Wildman–Crippen LogP) is 5.77. The predicted molar refractivity (Wildman–Crippen MR) is 117 cm³/mol. The number of benzene rings is 2. The third-order valence-electron chi connectivity index (χ3n) is 4.92. The Morgan fingerprint density at radius 2 is 1.43 bits per heavy atom. The second kappa shape index (κ2) is 10.2. The summed E-state index contributed by atoms with van der Waals surface area (Å²) in [5, 5.41) is 9.47. The summed E-state index contributed by atoms with van der Waals surface area (Å²) in [5.74, 6) is 0. The van der Waals surface area contributed by atoms with Gasteiger partial charge >= 0.3 is 7.25 Å². The average molecular weight is 425 g/mol. The number of rotatable bonds is 2. The summed E-state index contributed by atoms with van der Waals surface area (Å²) in [6.45, 7) is 10.4. The highest BCUT2D eigenvalue weighted by Gasteiger charge is 2.35. The van der Waals surface area contributed by atoms with Gasteiger partial charge in [0.1, 0.15) is 7.05 Å². The number of likely N-dealkylation sites (N-methyl/N-ethyl adjacent to an activating group) is 1. The number of hydrogen-bond acceptors (Lipinski definition) is 1. The second-order valence-electron chi connectivity index (χ2n) is 8.76. The second-order valence-corrected chi connectivity index (χ2v) is 8.76. The molecule has 2 aromatic rings. The molecule has 0 bridgehead atoms.